The van der Waals surface area contributed by atoms with Crippen molar-refractivity contribution in [2.45, 2.75) is 19.4 Å². The Bertz CT molecular complexity index is 876. The van der Waals surface area contributed by atoms with Crippen LogP contribution in [0.5, 0.6) is 0 Å². The minimum Gasteiger partial charge on any atom is -0.339 e. The molecule has 1 aromatic heterocycles. The number of amides is 3. The molecule has 152 valence electrons. The van der Waals surface area contributed by atoms with Gasteiger partial charge >= 0.3 is 0 Å². The van der Waals surface area contributed by atoms with Crippen molar-refractivity contribution in [2.24, 2.45) is 5.92 Å². The SMILES string of the molecule is C[C@@H](c1ccccc1)N1C[C@@H](C(=O)N2CCN(C(=O)c3cccs3)CC2)CC1=O. The molecule has 2 aliphatic rings. The van der Waals surface area contributed by atoms with E-state index in [9.17, 15) is 14.4 Å². The Morgan fingerprint density at radius 1 is 1.00 bits per heavy atom. The first-order valence-corrected chi connectivity index (χ1v) is 10.9. The molecular weight excluding hydrogens is 386 g/mol. The van der Waals surface area contributed by atoms with Crippen LogP contribution < -0.4 is 0 Å². The van der Waals surface area contributed by atoms with Crippen molar-refractivity contribution >= 4 is 29.1 Å². The average Bonchev–Trinajstić information content (AvgIpc) is 3.43. The Hall–Kier alpha value is -2.67. The first kappa shape index (κ1) is 19.6. The third-order valence-electron chi connectivity index (χ3n) is 5.87. The van der Waals surface area contributed by atoms with E-state index in [2.05, 4.69) is 0 Å². The second-order valence-electron chi connectivity index (χ2n) is 7.63. The van der Waals surface area contributed by atoms with Gasteiger partial charge in [0.2, 0.25) is 11.8 Å². The predicted molar refractivity (Wildman–Crippen MR) is 111 cm³/mol. The number of rotatable bonds is 4. The standard InChI is InChI=1S/C22H25N3O3S/c1-16(17-6-3-2-4-7-17)25-15-18(14-20(25)26)21(27)23-9-11-24(12-10-23)22(28)19-8-5-13-29-19/h2-8,13,16,18H,9-12,14-15H2,1H3/t16-,18-/m0/s1. The predicted octanol–water partition coefficient (Wildman–Crippen LogP) is 2.64. The van der Waals surface area contributed by atoms with Gasteiger partial charge in [-0.2, -0.15) is 0 Å². The molecule has 3 amide bonds. The lowest BCUT2D eigenvalue weighted by molar-refractivity contribution is -0.137. The van der Waals surface area contributed by atoms with Gasteiger partial charge in [0.15, 0.2) is 0 Å². The zero-order chi connectivity index (χ0) is 20.4. The van der Waals surface area contributed by atoms with Crippen molar-refractivity contribution in [3.8, 4) is 0 Å². The first-order chi connectivity index (χ1) is 14.0. The molecule has 4 rings (SSSR count). The molecule has 0 unspecified atom stereocenters. The molecule has 2 aliphatic heterocycles. The number of nitrogens with zero attached hydrogens (tertiary/aromatic N) is 3. The number of hydrogen-bond acceptors (Lipinski definition) is 4. The van der Waals surface area contributed by atoms with E-state index in [4.69, 9.17) is 0 Å². The smallest absolute Gasteiger partial charge is 0.264 e. The lowest BCUT2D eigenvalue weighted by Gasteiger charge is -2.35. The van der Waals surface area contributed by atoms with Crippen LogP contribution in [0.3, 0.4) is 0 Å². The van der Waals surface area contributed by atoms with Crippen LogP contribution in [0.2, 0.25) is 0 Å². The molecule has 0 aliphatic carbocycles. The highest BCUT2D eigenvalue weighted by Crippen LogP contribution is 2.29. The zero-order valence-corrected chi connectivity index (χ0v) is 17.3. The number of benzene rings is 1. The fourth-order valence-electron chi connectivity index (χ4n) is 4.13. The van der Waals surface area contributed by atoms with Gasteiger partial charge in [-0.25, -0.2) is 0 Å². The van der Waals surface area contributed by atoms with Gasteiger partial charge in [0.1, 0.15) is 0 Å². The summed E-state index contributed by atoms with van der Waals surface area (Å²) in [7, 11) is 0. The van der Waals surface area contributed by atoms with Crippen LogP contribution in [-0.2, 0) is 9.59 Å². The molecule has 0 N–H and O–H groups in total. The second-order valence-corrected chi connectivity index (χ2v) is 8.58. The van der Waals surface area contributed by atoms with E-state index in [1.165, 1.54) is 11.3 Å². The highest BCUT2D eigenvalue weighted by molar-refractivity contribution is 7.12. The molecule has 0 saturated carbocycles. The Balaban J connectivity index is 1.34. The molecule has 3 heterocycles. The molecule has 0 bridgehead atoms. The summed E-state index contributed by atoms with van der Waals surface area (Å²) in [5.74, 6) is -0.199. The molecule has 2 fully saturated rings. The number of likely N-dealkylation sites (tertiary alicyclic amines) is 1. The molecule has 2 aromatic rings. The van der Waals surface area contributed by atoms with Crippen molar-refractivity contribution in [1.82, 2.24) is 14.7 Å². The molecule has 6 nitrogen and oxygen atoms in total. The summed E-state index contributed by atoms with van der Waals surface area (Å²) in [5, 5.41) is 1.90. The monoisotopic (exact) mass is 411 g/mol. The van der Waals surface area contributed by atoms with Crippen LogP contribution in [0, 0.1) is 5.92 Å². The van der Waals surface area contributed by atoms with Gasteiger partial charge in [0.25, 0.3) is 5.91 Å². The fraction of sp³-hybridized carbons (Fsp3) is 0.409. The number of hydrogen-bond donors (Lipinski definition) is 0. The molecular formula is C22H25N3O3S. The molecule has 0 radical (unpaired) electrons. The van der Waals surface area contributed by atoms with E-state index in [0.29, 0.717) is 32.7 Å². The third kappa shape index (κ3) is 4.05. The van der Waals surface area contributed by atoms with Gasteiger partial charge in [-0.1, -0.05) is 36.4 Å². The summed E-state index contributed by atoms with van der Waals surface area (Å²) >= 11 is 1.44. The quantitative estimate of drug-likeness (QED) is 0.777. The highest BCUT2D eigenvalue weighted by Gasteiger charge is 2.39. The summed E-state index contributed by atoms with van der Waals surface area (Å²) in [6, 6.07) is 13.6. The number of thiophene rings is 1. The van der Waals surface area contributed by atoms with E-state index < -0.39 is 0 Å². The van der Waals surface area contributed by atoms with Gasteiger partial charge < -0.3 is 14.7 Å². The van der Waals surface area contributed by atoms with Crippen LogP contribution in [0.25, 0.3) is 0 Å². The first-order valence-electron chi connectivity index (χ1n) is 10.0. The highest BCUT2D eigenvalue weighted by atomic mass is 32.1. The van der Waals surface area contributed by atoms with Crippen molar-refractivity contribution < 1.29 is 14.4 Å². The molecule has 0 spiro atoms. The minimum absolute atomic E-state index is 0.0318. The minimum atomic E-state index is -0.298. The van der Waals surface area contributed by atoms with Gasteiger partial charge in [-0.3, -0.25) is 14.4 Å². The van der Waals surface area contributed by atoms with Crippen molar-refractivity contribution in [3.05, 3.63) is 58.3 Å². The Labute approximate surface area is 174 Å². The van der Waals surface area contributed by atoms with E-state index in [1.54, 1.807) is 4.90 Å². The summed E-state index contributed by atoms with van der Waals surface area (Å²) in [4.78, 5) is 44.2. The maximum absolute atomic E-state index is 13.0. The topological polar surface area (TPSA) is 60.9 Å². The summed E-state index contributed by atoms with van der Waals surface area (Å²) < 4.78 is 0. The zero-order valence-electron chi connectivity index (χ0n) is 16.5. The normalized spacial score (nSPS) is 20.8. The van der Waals surface area contributed by atoms with Crippen LogP contribution >= 0.6 is 11.3 Å². The maximum atomic E-state index is 13.0. The van der Waals surface area contributed by atoms with Crippen molar-refractivity contribution in [1.29, 1.82) is 0 Å². The fourth-order valence-corrected chi connectivity index (χ4v) is 4.82. The van der Waals surface area contributed by atoms with E-state index in [1.807, 2.05) is 64.6 Å². The van der Waals surface area contributed by atoms with E-state index in [-0.39, 0.29) is 36.1 Å². The lowest BCUT2D eigenvalue weighted by atomic mass is 10.1. The van der Waals surface area contributed by atoms with Crippen molar-refractivity contribution in [2.75, 3.05) is 32.7 Å². The van der Waals surface area contributed by atoms with Crippen molar-refractivity contribution in [3.63, 3.8) is 0 Å². The van der Waals surface area contributed by atoms with Gasteiger partial charge in [0, 0.05) is 39.1 Å². The average molecular weight is 412 g/mol. The molecule has 7 heteroatoms. The number of carbonyl (C=O) groups excluding carboxylic acids is 3. The lowest BCUT2D eigenvalue weighted by Crippen LogP contribution is -2.52. The van der Waals surface area contributed by atoms with Crippen LogP contribution in [0.4, 0.5) is 0 Å². The Kier molecular flexibility index (Phi) is 5.67. The molecule has 29 heavy (non-hydrogen) atoms. The van der Waals surface area contributed by atoms with Crippen LogP contribution in [0.1, 0.15) is 34.6 Å². The second kappa shape index (κ2) is 8.37. The Morgan fingerprint density at radius 2 is 1.69 bits per heavy atom. The summed E-state index contributed by atoms with van der Waals surface area (Å²) in [6.45, 7) is 4.58. The number of carbonyl (C=O) groups is 3. The third-order valence-corrected chi connectivity index (χ3v) is 6.73. The van der Waals surface area contributed by atoms with E-state index in [0.717, 1.165) is 10.4 Å². The molecule has 1 aromatic carbocycles. The summed E-state index contributed by atoms with van der Waals surface area (Å²) in [5.41, 5.74) is 1.08. The van der Waals surface area contributed by atoms with E-state index >= 15 is 0 Å². The van der Waals surface area contributed by atoms with Crippen LogP contribution in [-0.4, -0.2) is 65.1 Å². The molecule has 2 atom stereocenters. The van der Waals surface area contributed by atoms with Gasteiger partial charge in [0.05, 0.1) is 16.8 Å². The maximum Gasteiger partial charge on any atom is 0.264 e. The Morgan fingerprint density at radius 3 is 2.34 bits per heavy atom. The largest absolute Gasteiger partial charge is 0.339 e. The van der Waals surface area contributed by atoms with Gasteiger partial charge in [-0.15, -0.1) is 11.3 Å². The van der Waals surface area contributed by atoms with Crippen LogP contribution in [0.15, 0.2) is 47.8 Å². The van der Waals surface area contributed by atoms with Gasteiger partial charge in [-0.05, 0) is 23.9 Å². The number of piperazine rings is 1. The molecule has 2 saturated heterocycles. The summed E-state index contributed by atoms with van der Waals surface area (Å²) in [6.07, 6.45) is 0.268.